The number of methoxy groups -OCH3 is 1. The van der Waals surface area contributed by atoms with Crippen LogP contribution in [0.3, 0.4) is 0 Å². The SMILES string of the molecule is C=CC(=O)OCCCc1ccc(-c2cc(OC)cc(-c3ccc(COC(=O)C=C)cc3)c2)cc1. The minimum atomic E-state index is -0.441. The average Bonchev–Trinajstić information content (AvgIpc) is 2.89. The van der Waals surface area contributed by atoms with Crippen molar-refractivity contribution in [1.82, 2.24) is 0 Å². The van der Waals surface area contributed by atoms with Crippen molar-refractivity contribution in [3.05, 3.63) is 103 Å². The van der Waals surface area contributed by atoms with Crippen LogP contribution in [0, 0.1) is 0 Å². The third-order valence-electron chi connectivity index (χ3n) is 5.29. The minimum absolute atomic E-state index is 0.206. The third-order valence-corrected chi connectivity index (χ3v) is 5.29. The Morgan fingerprint density at radius 2 is 1.26 bits per heavy atom. The van der Waals surface area contributed by atoms with Gasteiger partial charge in [0.15, 0.2) is 0 Å². The fourth-order valence-corrected chi connectivity index (χ4v) is 3.43. The van der Waals surface area contributed by atoms with E-state index in [1.807, 2.05) is 36.4 Å². The summed E-state index contributed by atoms with van der Waals surface area (Å²) in [6.45, 7) is 7.37. The largest absolute Gasteiger partial charge is 0.497 e. The third kappa shape index (κ3) is 6.94. The van der Waals surface area contributed by atoms with E-state index in [-0.39, 0.29) is 6.61 Å². The molecule has 3 aromatic carbocycles. The number of hydrogen-bond donors (Lipinski definition) is 0. The van der Waals surface area contributed by atoms with Crippen molar-refractivity contribution < 1.29 is 23.8 Å². The average molecular weight is 457 g/mol. The molecule has 0 spiro atoms. The van der Waals surface area contributed by atoms with Crippen LogP contribution in [0.5, 0.6) is 5.75 Å². The number of ether oxygens (including phenoxy) is 3. The maximum Gasteiger partial charge on any atom is 0.330 e. The summed E-state index contributed by atoms with van der Waals surface area (Å²) in [5.41, 5.74) is 6.26. The molecule has 0 aromatic heterocycles. The van der Waals surface area contributed by atoms with Gasteiger partial charge >= 0.3 is 11.9 Å². The number of carbonyl (C=O) groups excluding carboxylic acids is 2. The minimum Gasteiger partial charge on any atom is -0.497 e. The lowest BCUT2D eigenvalue weighted by atomic mass is 9.97. The molecule has 3 aromatic rings. The van der Waals surface area contributed by atoms with E-state index in [1.165, 1.54) is 11.6 Å². The molecule has 34 heavy (non-hydrogen) atoms. The van der Waals surface area contributed by atoms with Crippen LogP contribution in [0.15, 0.2) is 92.0 Å². The summed E-state index contributed by atoms with van der Waals surface area (Å²) in [5, 5.41) is 0. The second kappa shape index (κ2) is 12.2. The first kappa shape index (κ1) is 24.5. The standard InChI is InChI=1S/C29H28O5/c1-4-28(30)33-16-6-7-21-8-12-23(13-9-21)25-17-26(19-27(18-25)32-3)24-14-10-22(11-15-24)20-34-29(31)5-2/h4-5,8-15,17-19H,1-2,6-7,16,20H2,3H3. The summed E-state index contributed by atoms with van der Waals surface area (Å²) in [6.07, 6.45) is 3.90. The van der Waals surface area contributed by atoms with Crippen LogP contribution in [-0.2, 0) is 32.1 Å². The predicted octanol–water partition coefficient (Wildman–Crippen LogP) is 5.92. The summed E-state index contributed by atoms with van der Waals surface area (Å²) in [6, 6.07) is 22.3. The van der Waals surface area contributed by atoms with E-state index in [1.54, 1.807) is 7.11 Å². The number of esters is 2. The van der Waals surface area contributed by atoms with E-state index in [4.69, 9.17) is 14.2 Å². The quantitative estimate of drug-likeness (QED) is 0.204. The molecule has 5 heteroatoms. The fraction of sp³-hybridized carbons (Fsp3) is 0.172. The smallest absolute Gasteiger partial charge is 0.330 e. The first-order valence-corrected chi connectivity index (χ1v) is 11.0. The van der Waals surface area contributed by atoms with Gasteiger partial charge in [-0.3, -0.25) is 0 Å². The van der Waals surface area contributed by atoms with Crippen LogP contribution >= 0.6 is 0 Å². The van der Waals surface area contributed by atoms with Crippen molar-refractivity contribution in [1.29, 1.82) is 0 Å². The van der Waals surface area contributed by atoms with Crippen molar-refractivity contribution in [2.75, 3.05) is 13.7 Å². The van der Waals surface area contributed by atoms with Gasteiger partial charge in [-0.1, -0.05) is 61.7 Å². The van der Waals surface area contributed by atoms with Crippen molar-refractivity contribution in [2.24, 2.45) is 0 Å². The lowest BCUT2D eigenvalue weighted by Crippen LogP contribution is -2.02. The Bertz CT molecular complexity index is 1140. The monoisotopic (exact) mass is 456 g/mol. The topological polar surface area (TPSA) is 61.8 Å². The second-order valence-corrected chi connectivity index (χ2v) is 7.63. The van der Waals surface area contributed by atoms with Crippen LogP contribution in [0.25, 0.3) is 22.3 Å². The molecule has 0 fully saturated rings. The Balaban J connectivity index is 1.72. The molecule has 0 saturated carbocycles. The molecule has 0 bridgehead atoms. The van der Waals surface area contributed by atoms with Gasteiger partial charge in [0.2, 0.25) is 0 Å². The highest BCUT2D eigenvalue weighted by molar-refractivity contribution is 5.81. The second-order valence-electron chi connectivity index (χ2n) is 7.63. The predicted molar refractivity (Wildman–Crippen MR) is 133 cm³/mol. The lowest BCUT2D eigenvalue weighted by molar-refractivity contribution is -0.139. The highest BCUT2D eigenvalue weighted by Crippen LogP contribution is 2.32. The van der Waals surface area contributed by atoms with Crippen LogP contribution in [0.4, 0.5) is 0 Å². The van der Waals surface area contributed by atoms with Gasteiger partial charge in [-0.15, -0.1) is 0 Å². The highest BCUT2D eigenvalue weighted by Gasteiger charge is 2.07. The maximum absolute atomic E-state index is 11.3. The van der Waals surface area contributed by atoms with Gasteiger partial charge in [-0.2, -0.15) is 0 Å². The van der Waals surface area contributed by atoms with Gasteiger partial charge in [-0.05, 0) is 64.4 Å². The molecule has 0 unspecified atom stereocenters. The first-order valence-electron chi connectivity index (χ1n) is 11.0. The Morgan fingerprint density at radius 3 is 1.79 bits per heavy atom. The molecule has 0 saturated heterocycles. The molecular formula is C29H28O5. The van der Waals surface area contributed by atoms with E-state index in [2.05, 4.69) is 43.5 Å². The van der Waals surface area contributed by atoms with Crippen LogP contribution in [0.2, 0.25) is 0 Å². The number of aryl methyl sites for hydroxylation is 1. The van der Waals surface area contributed by atoms with E-state index < -0.39 is 11.9 Å². The molecule has 0 amide bonds. The maximum atomic E-state index is 11.3. The zero-order chi connectivity index (χ0) is 24.3. The van der Waals surface area contributed by atoms with Crippen molar-refractivity contribution in [2.45, 2.75) is 19.4 Å². The number of rotatable bonds is 11. The molecule has 174 valence electrons. The van der Waals surface area contributed by atoms with Crippen molar-refractivity contribution in [3.63, 3.8) is 0 Å². The molecule has 0 N–H and O–H groups in total. The summed E-state index contributed by atoms with van der Waals surface area (Å²) in [4.78, 5) is 22.4. The van der Waals surface area contributed by atoms with Gasteiger partial charge in [0.25, 0.3) is 0 Å². The molecule has 0 atom stereocenters. The molecule has 0 aliphatic rings. The fourth-order valence-electron chi connectivity index (χ4n) is 3.43. The molecular weight excluding hydrogens is 428 g/mol. The first-order chi connectivity index (χ1) is 16.5. The Hall–Kier alpha value is -4.12. The van der Waals surface area contributed by atoms with Gasteiger partial charge in [0.05, 0.1) is 13.7 Å². The molecule has 0 aliphatic heterocycles. The van der Waals surface area contributed by atoms with Crippen molar-refractivity contribution >= 4 is 11.9 Å². The molecule has 0 aliphatic carbocycles. The van der Waals surface area contributed by atoms with Gasteiger partial charge in [0.1, 0.15) is 12.4 Å². The zero-order valence-electron chi connectivity index (χ0n) is 19.3. The number of benzene rings is 3. The summed E-state index contributed by atoms with van der Waals surface area (Å²) < 4.78 is 15.7. The summed E-state index contributed by atoms with van der Waals surface area (Å²) in [7, 11) is 1.65. The highest BCUT2D eigenvalue weighted by atomic mass is 16.5. The molecule has 5 nitrogen and oxygen atoms in total. The molecule has 0 radical (unpaired) electrons. The van der Waals surface area contributed by atoms with E-state index >= 15 is 0 Å². The van der Waals surface area contributed by atoms with Gasteiger partial charge in [-0.25, -0.2) is 9.59 Å². The van der Waals surface area contributed by atoms with Crippen LogP contribution in [0.1, 0.15) is 17.5 Å². The normalized spacial score (nSPS) is 10.3. The Labute approximate surface area is 200 Å². The lowest BCUT2D eigenvalue weighted by Gasteiger charge is -2.11. The molecule has 0 heterocycles. The van der Waals surface area contributed by atoms with E-state index in [0.717, 1.165) is 52.5 Å². The summed E-state index contributed by atoms with van der Waals surface area (Å²) in [5.74, 6) is -0.0665. The van der Waals surface area contributed by atoms with Gasteiger partial charge < -0.3 is 14.2 Å². The van der Waals surface area contributed by atoms with E-state index in [0.29, 0.717) is 6.61 Å². The summed E-state index contributed by atoms with van der Waals surface area (Å²) >= 11 is 0. The van der Waals surface area contributed by atoms with Crippen LogP contribution in [-0.4, -0.2) is 25.7 Å². The Kier molecular flexibility index (Phi) is 8.81. The van der Waals surface area contributed by atoms with Crippen LogP contribution < -0.4 is 4.74 Å². The number of carbonyl (C=O) groups is 2. The number of hydrogen-bond acceptors (Lipinski definition) is 5. The van der Waals surface area contributed by atoms with E-state index in [9.17, 15) is 9.59 Å². The zero-order valence-corrected chi connectivity index (χ0v) is 19.3. The Morgan fingerprint density at radius 1 is 0.735 bits per heavy atom. The van der Waals surface area contributed by atoms with Crippen molar-refractivity contribution in [3.8, 4) is 28.0 Å². The molecule has 3 rings (SSSR count). The van der Waals surface area contributed by atoms with Gasteiger partial charge in [0, 0.05) is 12.2 Å².